The number of hydrogen-bond acceptors (Lipinski definition) is 0. The van der Waals surface area contributed by atoms with Crippen LogP contribution < -0.4 is 0 Å². The Kier molecular flexibility index (Phi) is 3.02. The lowest BCUT2D eigenvalue weighted by molar-refractivity contribution is 1.63. The van der Waals surface area contributed by atoms with E-state index in [1.165, 1.54) is 0 Å². The standard InChI is InChI=1S/C15H9N/c1-16-15-10-6-5-9-14(15)12-11-13-7-3-2-4-8-13/h2-10H. The normalized spacial score (nSPS) is 8.69. The lowest BCUT2D eigenvalue weighted by Gasteiger charge is -1.93. The van der Waals surface area contributed by atoms with Crippen molar-refractivity contribution in [1.82, 2.24) is 0 Å². The average Bonchev–Trinajstić information content (AvgIpc) is 2.38. The quantitative estimate of drug-likeness (QED) is 0.455. The molecule has 0 amide bonds. The van der Waals surface area contributed by atoms with Gasteiger partial charge in [-0.15, -0.1) is 0 Å². The number of rotatable bonds is 0. The van der Waals surface area contributed by atoms with Crippen molar-refractivity contribution in [3.8, 4) is 11.8 Å². The van der Waals surface area contributed by atoms with Crippen LogP contribution in [0.5, 0.6) is 0 Å². The third-order valence-corrected chi connectivity index (χ3v) is 2.14. The molecule has 0 aliphatic carbocycles. The van der Waals surface area contributed by atoms with Crippen LogP contribution in [0.1, 0.15) is 11.1 Å². The highest BCUT2D eigenvalue weighted by Crippen LogP contribution is 2.16. The molecule has 2 aromatic rings. The van der Waals surface area contributed by atoms with E-state index in [9.17, 15) is 0 Å². The molecule has 2 rings (SSSR count). The Labute approximate surface area is 95.2 Å². The van der Waals surface area contributed by atoms with Gasteiger partial charge >= 0.3 is 0 Å². The highest BCUT2D eigenvalue weighted by Gasteiger charge is 1.95. The Hall–Kier alpha value is -2.51. The fourth-order valence-corrected chi connectivity index (χ4v) is 1.34. The van der Waals surface area contributed by atoms with Gasteiger partial charge in [0.15, 0.2) is 0 Å². The van der Waals surface area contributed by atoms with Gasteiger partial charge in [0, 0.05) is 11.1 Å². The predicted molar refractivity (Wildman–Crippen MR) is 65.1 cm³/mol. The minimum atomic E-state index is 0.603. The summed E-state index contributed by atoms with van der Waals surface area (Å²) >= 11 is 0. The van der Waals surface area contributed by atoms with E-state index in [1.54, 1.807) is 6.07 Å². The predicted octanol–water partition coefficient (Wildman–Crippen LogP) is 3.64. The number of nitrogens with zero attached hydrogens (tertiary/aromatic N) is 1. The molecule has 74 valence electrons. The van der Waals surface area contributed by atoms with Crippen LogP contribution in [0.25, 0.3) is 4.85 Å². The monoisotopic (exact) mass is 203 g/mol. The molecule has 0 heterocycles. The molecule has 0 saturated heterocycles. The summed E-state index contributed by atoms with van der Waals surface area (Å²) in [5.74, 6) is 6.06. The van der Waals surface area contributed by atoms with Crippen molar-refractivity contribution in [2.45, 2.75) is 0 Å². The van der Waals surface area contributed by atoms with Gasteiger partial charge in [0.25, 0.3) is 0 Å². The van der Waals surface area contributed by atoms with Crippen molar-refractivity contribution < 1.29 is 0 Å². The third-order valence-electron chi connectivity index (χ3n) is 2.14. The first-order chi connectivity index (χ1) is 7.90. The molecule has 0 spiro atoms. The van der Waals surface area contributed by atoms with Crippen LogP contribution in [0, 0.1) is 18.4 Å². The second-order valence-corrected chi connectivity index (χ2v) is 3.24. The summed E-state index contributed by atoms with van der Waals surface area (Å²) in [6.07, 6.45) is 0. The Morgan fingerprint density at radius 1 is 0.812 bits per heavy atom. The summed E-state index contributed by atoms with van der Waals surface area (Å²) in [4.78, 5) is 3.43. The molecule has 1 heteroatoms. The Balaban J connectivity index is 2.36. The summed E-state index contributed by atoms with van der Waals surface area (Å²) < 4.78 is 0. The number of para-hydroxylation sites is 1. The summed E-state index contributed by atoms with van der Waals surface area (Å²) in [7, 11) is 0. The van der Waals surface area contributed by atoms with Gasteiger partial charge in [-0.25, -0.2) is 4.85 Å². The Morgan fingerprint density at radius 2 is 1.50 bits per heavy atom. The molecule has 0 aliphatic heterocycles. The van der Waals surface area contributed by atoms with Crippen LogP contribution in [0.4, 0.5) is 5.69 Å². The van der Waals surface area contributed by atoms with E-state index < -0.39 is 0 Å². The average molecular weight is 203 g/mol. The van der Waals surface area contributed by atoms with E-state index in [2.05, 4.69) is 16.7 Å². The van der Waals surface area contributed by atoms with Crippen molar-refractivity contribution in [3.05, 3.63) is 77.1 Å². The van der Waals surface area contributed by atoms with Gasteiger partial charge in [-0.2, -0.15) is 0 Å². The molecule has 2 aromatic carbocycles. The zero-order valence-corrected chi connectivity index (χ0v) is 8.64. The summed E-state index contributed by atoms with van der Waals surface area (Å²) in [6, 6.07) is 17.1. The highest BCUT2D eigenvalue weighted by molar-refractivity contribution is 5.60. The maximum atomic E-state index is 7.02. The highest BCUT2D eigenvalue weighted by atomic mass is 14.6. The molecule has 0 saturated carbocycles. The van der Waals surface area contributed by atoms with Gasteiger partial charge in [-0.1, -0.05) is 54.3 Å². The topological polar surface area (TPSA) is 4.36 Å². The number of hydrogen-bond donors (Lipinski definition) is 0. The fourth-order valence-electron chi connectivity index (χ4n) is 1.34. The van der Waals surface area contributed by atoms with E-state index >= 15 is 0 Å². The van der Waals surface area contributed by atoms with Crippen molar-refractivity contribution in [2.24, 2.45) is 0 Å². The van der Waals surface area contributed by atoms with E-state index in [0.717, 1.165) is 11.1 Å². The molecule has 0 bridgehead atoms. The largest absolute Gasteiger partial charge is 0.237 e. The van der Waals surface area contributed by atoms with Gasteiger partial charge in [-0.3, -0.25) is 0 Å². The molecule has 0 aliphatic rings. The molecule has 0 fully saturated rings. The second kappa shape index (κ2) is 4.82. The molecular weight excluding hydrogens is 194 g/mol. The van der Waals surface area contributed by atoms with E-state index in [1.807, 2.05) is 48.5 Å². The number of benzene rings is 2. The van der Waals surface area contributed by atoms with Crippen LogP contribution in [0.2, 0.25) is 0 Å². The molecule has 0 aromatic heterocycles. The van der Waals surface area contributed by atoms with Gasteiger partial charge < -0.3 is 0 Å². The first-order valence-corrected chi connectivity index (χ1v) is 4.94. The van der Waals surface area contributed by atoms with Crippen LogP contribution in [-0.4, -0.2) is 0 Å². The molecule has 0 unspecified atom stereocenters. The van der Waals surface area contributed by atoms with E-state index in [4.69, 9.17) is 6.57 Å². The van der Waals surface area contributed by atoms with Crippen LogP contribution >= 0.6 is 0 Å². The molecule has 0 atom stereocenters. The molecule has 16 heavy (non-hydrogen) atoms. The van der Waals surface area contributed by atoms with Crippen molar-refractivity contribution >= 4 is 5.69 Å². The molecule has 0 N–H and O–H groups in total. The maximum absolute atomic E-state index is 7.02. The summed E-state index contributed by atoms with van der Waals surface area (Å²) in [5, 5.41) is 0. The van der Waals surface area contributed by atoms with Gasteiger partial charge in [0.05, 0.1) is 6.57 Å². The first-order valence-electron chi connectivity index (χ1n) is 4.94. The zero-order valence-electron chi connectivity index (χ0n) is 8.64. The third kappa shape index (κ3) is 2.29. The first kappa shape index (κ1) is 10.0. The van der Waals surface area contributed by atoms with E-state index in [-0.39, 0.29) is 0 Å². The van der Waals surface area contributed by atoms with Gasteiger partial charge in [-0.05, 0) is 12.1 Å². The Bertz CT molecular complexity index is 580. The SMILES string of the molecule is [C-]#[N+]c1ccccc1C#Cc1ccccc1. The lowest BCUT2D eigenvalue weighted by Crippen LogP contribution is -1.75. The van der Waals surface area contributed by atoms with Crippen molar-refractivity contribution in [1.29, 1.82) is 0 Å². The zero-order chi connectivity index (χ0) is 11.2. The van der Waals surface area contributed by atoms with E-state index in [0.29, 0.717) is 5.69 Å². The summed E-state index contributed by atoms with van der Waals surface area (Å²) in [5.41, 5.74) is 2.34. The van der Waals surface area contributed by atoms with Crippen molar-refractivity contribution in [2.75, 3.05) is 0 Å². The van der Waals surface area contributed by atoms with Gasteiger partial charge in [0.2, 0.25) is 5.69 Å². The fraction of sp³-hybridized carbons (Fsp3) is 0. The van der Waals surface area contributed by atoms with Gasteiger partial charge in [0.1, 0.15) is 0 Å². The van der Waals surface area contributed by atoms with Crippen LogP contribution in [-0.2, 0) is 0 Å². The minimum Gasteiger partial charge on any atom is -0.237 e. The van der Waals surface area contributed by atoms with Crippen molar-refractivity contribution in [3.63, 3.8) is 0 Å². The second-order valence-electron chi connectivity index (χ2n) is 3.24. The smallest absolute Gasteiger partial charge is 0.202 e. The minimum absolute atomic E-state index is 0.603. The molecular formula is C15H9N. The molecule has 1 nitrogen and oxygen atoms in total. The summed E-state index contributed by atoms with van der Waals surface area (Å²) in [6.45, 7) is 7.02. The van der Waals surface area contributed by atoms with Crippen LogP contribution in [0.3, 0.4) is 0 Å². The molecule has 0 radical (unpaired) electrons. The lowest BCUT2D eigenvalue weighted by atomic mass is 10.1. The maximum Gasteiger partial charge on any atom is 0.202 e. The van der Waals surface area contributed by atoms with Crippen LogP contribution in [0.15, 0.2) is 54.6 Å². The Morgan fingerprint density at radius 3 is 2.25 bits per heavy atom.